The van der Waals surface area contributed by atoms with Crippen molar-refractivity contribution in [2.24, 2.45) is 11.8 Å². The van der Waals surface area contributed by atoms with E-state index in [9.17, 15) is 13.2 Å². The Kier molecular flexibility index (Phi) is 6.52. The Hall–Kier alpha value is -0.370. The molecular weight excluding hydrogens is 290 g/mol. The number of nitrogens with one attached hydrogen (secondary N) is 3. The number of sulfonamides is 1. The third-order valence-corrected chi connectivity index (χ3v) is 4.99. The molecule has 6 nitrogen and oxygen atoms in total. The fourth-order valence-electron chi connectivity index (χ4n) is 1.94. The summed E-state index contributed by atoms with van der Waals surface area (Å²) < 4.78 is 25.9. The zero-order valence-electron chi connectivity index (χ0n) is 10.9. The maximum atomic E-state index is 11.6. The van der Waals surface area contributed by atoms with Crippen LogP contribution in [-0.4, -0.2) is 46.3 Å². The first-order valence-corrected chi connectivity index (χ1v) is 8.18. The van der Waals surface area contributed by atoms with Gasteiger partial charge in [-0.3, -0.25) is 4.79 Å². The highest BCUT2D eigenvalue weighted by Gasteiger charge is 2.25. The minimum Gasteiger partial charge on any atom is -0.355 e. The Morgan fingerprint density at radius 1 is 1.26 bits per heavy atom. The van der Waals surface area contributed by atoms with Crippen molar-refractivity contribution in [1.29, 1.82) is 0 Å². The predicted molar refractivity (Wildman–Crippen MR) is 75.7 cm³/mol. The summed E-state index contributed by atoms with van der Waals surface area (Å²) in [7, 11) is -3.24. The molecule has 2 fully saturated rings. The van der Waals surface area contributed by atoms with Crippen LogP contribution in [0.15, 0.2) is 0 Å². The molecule has 0 aromatic heterocycles. The summed E-state index contributed by atoms with van der Waals surface area (Å²) in [4.78, 5) is 11.5. The van der Waals surface area contributed by atoms with Gasteiger partial charge in [0.15, 0.2) is 0 Å². The molecule has 1 aliphatic carbocycles. The molecule has 2 aliphatic rings. The molecule has 1 aliphatic heterocycles. The van der Waals surface area contributed by atoms with Gasteiger partial charge in [-0.15, -0.1) is 12.4 Å². The standard InChI is InChI=1S/C11H21N3O3S.ClH/c15-11(10-7-12-8-10)13-4-5-18(16,17)14-6-9-2-1-3-9;/h9-10,12,14H,1-8H2,(H,13,15);1H. The van der Waals surface area contributed by atoms with Crippen LogP contribution in [-0.2, 0) is 14.8 Å². The summed E-state index contributed by atoms with van der Waals surface area (Å²) >= 11 is 0. The van der Waals surface area contributed by atoms with Crippen LogP contribution in [0, 0.1) is 11.8 Å². The molecular formula is C11H22ClN3O3S. The number of hydrogen-bond acceptors (Lipinski definition) is 4. The van der Waals surface area contributed by atoms with Crippen LogP contribution in [0.1, 0.15) is 19.3 Å². The van der Waals surface area contributed by atoms with Crippen molar-refractivity contribution in [3.05, 3.63) is 0 Å². The Balaban J connectivity index is 0.00000180. The van der Waals surface area contributed by atoms with E-state index in [1.165, 1.54) is 6.42 Å². The fourth-order valence-corrected chi connectivity index (χ4v) is 2.95. The van der Waals surface area contributed by atoms with E-state index in [4.69, 9.17) is 0 Å². The number of carbonyl (C=O) groups is 1. The van der Waals surface area contributed by atoms with E-state index in [-0.39, 0.29) is 36.5 Å². The Labute approximate surface area is 120 Å². The first-order chi connectivity index (χ1) is 8.57. The fraction of sp³-hybridized carbons (Fsp3) is 0.909. The van der Waals surface area contributed by atoms with Crippen LogP contribution in [0.2, 0.25) is 0 Å². The molecule has 2 rings (SSSR count). The highest BCUT2D eigenvalue weighted by Crippen LogP contribution is 2.25. The Bertz CT molecular complexity index is 394. The molecule has 0 aromatic rings. The highest BCUT2D eigenvalue weighted by molar-refractivity contribution is 7.89. The molecule has 19 heavy (non-hydrogen) atoms. The molecule has 1 saturated carbocycles. The van der Waals surface area contributed by atoms with Crippen LogP contribution in [0.25, 0.3) is 0 Å². The quantitative estimate of drug-likeness (QED) is 0.589. The van der Waals surface area contributed by atoms with Crippen LogP contribution < -0.4 is 15.4 Å². The van der Waals surface area contributed by atoms with E-state index >= 15 is 0 Å². The van der Waals surface area contributed by atoms with E-state index in [1.807, 2.05) is 0 Å². The number of halogens is 1. The zero-order valence-corrected chi connectivity index (χ0v) is 12.5. The molecule has 0 aromatic carbocycles. The van der Waals surface area contributed by atoms with Crippen molar-refractivity contribution < 1.29 is 13.2 Å². The number of rotatable bonds is 7. The van der Waals surface area contributed by atoms with E-state index < -0.39 is 10.0 Å². The minimum absolute atomic E-state index is 0. The van der Waals surface area contributed by atoms with Gasteiger partial charge in [-0.25, -0.2) is 13.1 Å². The van der Waals surface area contributed by atoms with Gasteiger partial charge in [0.25, 0.3) is 0 Å². The van der Waals surface area contributed by atoms with Crippen molar-refractivity contribution in [2.75, 3.05) is 31.9 Å². The molecule has 112 valence electrons. The lowest BCUT2D eigenvalue weighted by atomic mass is 9.86. The minimum atomic E-state index is -3.24. The highest BCUT2D eigenvalue weighted by atomic mass is 35.5. The summed E-state index contributed by atoms with van der Waals surface area (Å²) in [5, 5.41) is 5.66. The second-order valence-electron chi connectivity index (χ2n) is 5.11. The monoisotopic (exact) mass is 311 g/mol. The molecule has 0 atom stereocenters. The molecule has 0 bridgehead atoms. The molecule has 8 heteroatoms. The van der Waals surface area contributed by atoms with E-state index in [2.05, 4.69) is 15.4 Å². The number of carbonyl (C=O) groups excluding carboxylic acids is 1. The first-order valence-electron chi connectivity index (χ1n) is 6.52. The number of hydrogen-bond donors (Lipinski definition) is 3. The average molecular weight is 312 g/mol. The van der Waals surface area contributed by atoms with Crippen molar-refractivity contribution in [3.63, 3.8) is 0 Å². The Morgan fingerprint density at radius 3 is 2.42 bits per heavy atom. The van der Waals surface area contributed by atoms with Crippen LogP contribution in [0.4, 0.5) is 0 Å². The van der Waals surface area contributed by atoms with Crippen molar-refractivity contribution >= 4 is 28.3 Å². The number of amides is 1. The molecule has 1 amide bonds. The average Bonchev–Trinajstić information content (AvgIpc) is 2.11. The largest absolute Gasteiger partial charge is 0.355 e. The van der Waals surface area contributed by atoms with Gasteiger partial charge >= 0.3 is 0 Å². The van der Waals surface area contributed by atoms with Gasteiger partial charge in [-0.2, -0.15) is 0 Å². The molecule has 0 spiro atoms. The lowest BCUT2D eigenvalue weighted by Gasteiger charge is -2.26. The van der Waals surface area contributed by atoms with Crippen molar-refractivity contribution in [1.82, 2.24) is 15.4 Å². The van der Waals surface area contributed by atoms with E-state index in [1.54, 1.807) is 0 Å². The third-order valence-electron chi connectivity index (χ3n) is 3.64. The summed E-state index contributed by atoms with van der Waals surface area (Å²) in [6.07, 6.45) is 3.44. The maximum absolute atomic E-state index is 11.6. The predicted octanol–water partition coefficient (Wildman–Crippen LogP) is -0.537. The molecule has 1 heterocycles. The van der Waals surface area contributed by atoms with Crippen LogP contribution >= 0.6 is 12.4 Å². The zero-order chi connectivity index (χ0) is 13.0. The summed E-state index contributed by atoms with van der Waals surface area (Å²) in [5.41, 5.74) is 0. The normalized spacial score (nSPS) is 20.0. The van der Waals surface area contributed by atoms with Crippen LogP contribution in [0.3, 0.4) is 0 Å². The van der Waals surface area contributed by atoms with Gasteiger partial charge in [-0.05, 0) is 18.8 Å². The molecule has 3 N–H and O–H groups in total. The Morgan fingerprint density at radius 2 is 1.95 bits per heavy atom. The van der Waals surface area contributed by atoms with Gasteiger partial charge in [0, 0.05) is 26.2 Å². The van der Waals surface area contributed by atoms with Gasteiger partial charge < -0.3 is 10.6 Å². The van der Waals surface area contributed by atoms with Gasteiger partial charge in [0.2, 0.25) is 15.9 Å². The molecule has 0 unspecified atom stereocenters. The summed E-state index contributed by atoms with van der Waals surface area (Å²) in [6, 6.07) is 0. The topological polar surface area (TPSA) is 87.3 Å². The maximum Gasteiger partial charge on any atom is 0.225 e. The van der Waals surface area contributed by atoms with Gasteiger partial charge in [0.05, 0.1) is 11.7 Å². The summed E-state index contributed by atoms with van der Waals surface area (Å²) in [5.74, 6) is 0.431. The van der Waals surface area contributed by atoms with E-state index in [0.29, 0.717) is 25.6 Å². The van der Waals surface area contributed by atoms with Crippen molar-refractivity contribution in [3.8, 4) is 0 Å². The SMILES string of the molecule is Cl.O=C(NCCS(=O)(=O)NCC1CCC1)C1CNC1. The second-order valence-corrected chi connectivity index (χ2v) is 7.04. The second kappa shape index (κ2) is 7.42. The molecule has 1 saturated heterocycles. The lowest BCUT2D eigenvalue weighted by Crippen LogP contribution is -2.51. The molecule has 0 radical (unpaired) electrons. The summed E-state index contributed by atoms with van der Waals surface area (Å²) in [6.45, 7) is 2.12. The lowest BCUT2D eigenvalue weighted by molar-refractivity contribution is -0.126. The smallest absolute Gasteiger partial charge is 0.225 e. The van der Waals surface area contributed by atoms with Gasteiger partial charge in [-0.1, -0.05) is 6.42 Å². The van der Waals surface area contributed by atoms with Crippen molar-refractivity contribution in [2.45, 2.75) is 19.3 Å². The van der Waals surface area contributed by atoms with E-state index in [0.717, 1.165) is 12.8 Å². The van der Waals surface area contributed by atoms with Gasteiger partial charge in [0.1, 0.15) is 0 Å². The first kappa shape index (κ1) is 16.7. The van der Waals surface area contributed by atoms with Crippen LogP contribution in [0.5, 0.6) is 0 Å². The third kappa shape index (κ3) is 5.25.